The van der Waals surface area contributed by atoms with Gasteiger partial charge >= 0.3 is 0 Å². The highest BCUT2D eigenvalue weighted by Crippen LogP contribution is 2.40. The Hall–Kier alpha value is -2.31. The maximum atomic E-state index is 13.2. The van der Waals surface area contributed by atoms with Crippen LogP contribution in [-0.2, 0) is 17.6 Å². The molecular weight excluding hydrogens is 378 g/mol. The van der Waals surface area contributed by atoms with Crippen molar-refractivity contribution >= 4 is 28.6 Å². The predicted molar refractivity (Wildman–Crippen MR) is 107 cm³/mol. The van der Waals surface area contributed by atoms with Crippen molar-refractivity contribution in [2.75, 3.05) is 19.8 Å². The highest BCUT2D eigenvalue weighted by molar-refractivity contribution is 7.10. The lowest BCUT2D eigenvalue weighted by Gasteiger charge is -2.35. The minimum atomic E-state index is 0.0321. The molecule has 2 aliphatic rings. The number of nitrogens with zero attached hydrogens (tertiary/aromatic N) is 1. The van der Waals surface area contributed by atoms with Crippen LogP contribution in [0.4, 0.5) is 0 Å². The van der Waals surface area contributed by atoms with Crippen molar-refractivity contribution in [2.45, 2.75) is 18.9 Å². The summed E-state index contributed by atoms with van der Waals surface area (Å²) in [5.74, 6) is 1.65. The van der Waals surface area contributed by atoms with Gasteiger partial charge in [0, 0.05) is 16.3 Å². The summed E-state index contributed by atoms with van der Waals surface area (Å²) in [6.07, 6.45) is 1.31. The standard InChI is InChI=1S/C21H19NO3S2/c23-20(13-14-3-4-16-17(12-14)25-9-8-24-16)22-7-5-18-15(6-11-27-18)21(22)19-2-1-10-26-19/h1-4,6,10-12,21H,5,7-9,13H2/t21-/m1/s1. The van der Waals surface area contributed by atoms with Crippen LogP contribution in [0.1, 0.15) is 26.9 Å². The first-order valence-corrected chi connectivity index (χ1v) is 10.8. The fourth-order valence-corrected chi connectivity index (χ4v) is 5.57. The number of benzene rings is 1. The van der Waals surface area contributed by atoms with Crippen LogP contribution < -0.4 is 9.47 Å². The molecule has 2 aromatic heterocycles. The Kier molecular flexibility index (Phi) is 4.38. The maximum Gasteiger partial charge on any atom is 0.227 e. The summed E-state index contributed by atoms with van der Waals surface area (Å²) >= 11 is 3.51. The molecule has 138 valence electrons. The minimum absolute atomic E-state index is 0.0321. The zero-order valence-corrected chi connectivity index (χ0v) is 16.4. The quantitative estimate of drug-likeness (QED) is 0.662. The first kappa shape index (κ1) is 16.8. The molecule has 5 rings (SSSR count). The molecule has 0 spiro atoms. The Morgan fingerprint density at radius 2 is 1.96 bits per heavy atom. The normalized spacial score (nSPS) is 18.2. The van der Waals surface area contributed by atoms with E-state index in [0.717, 1.165) is 30.0 Å². The van der Waals surface area contributed by atoms with E-state index in [0.29, 0.717) is 19.6 Å². The molecule has 4 heterocycles. The molecule has 3 aromatic rings. The van der Waals surface area contributed by atoms with Crippen LogP contribution in [0, 0.1) is 0 Å². The van der Waals surface area contributed by atoms with E-state index in [1.807, 2.05) is 23.1 Å². The fraction of sp³-hybridized carbons (Fsp3) is 0.286. The lowest BCUT2D eigenvalue weighted by molar-refractivity contribution is -0.132. The number of thiophene rings is 2. The topological polar surface area (TPSA) is 38.8 Å². The Bertz CT molecular complexity index is 964. The zero-order valence-electron chi connectivity index (χ0n) is 14.7. The highest BCUT2D eigenvalue weighted by Gasteiger charge is 2.33. The second-order valence-electron chi connectivity index (χ2n) is 6.71. The molecule has 1 atom stereocenters. The van der Waals surface area contributed by atoms with Crippen LogP contribution in [0.2, 0.25) is 0 Å². The number of fused-ring (bicyclic) bond motifs is 2. The van der Waals surface area contributed by atoms with Gasteiger partial charge in [0.05, 0.1) is 12.5 Å². The van der Waals surface area contributed by atoms with Crippen LogP contribution in [0.15, 0.2) is 47.2 Å². The number of carbonyl (C=O) groups excluding carboxylic acids is 1. The average molecular weight is 398 g/mol. The molecule has 0 bridgehead atoms. The Morgan fingerprint density at radius 3 is 2.81 bits per heavy atom. The van der Waals surface area contributed by atoms with Crippen LogP contribution in [0.25, 0.3) is 0 Å². The number of hydrogen-bond donors (Lipinski definition) is 0. The molecule has 1 amide bonds. The van der Waals surface area contributed by atoms with Gasteiger partial charge in [0.2, 0.25) is 5.91 Å². The van der Waals surface area contributed by atoms with Crippen molar-refractivity contribution in [3.63, 3.8) is 0 Å². The largest absolute Gasteiger partial charge is 0.486 e. The van der Waals surface area contributed by atoms with E-state index >= 15 is 0 Å². The summed E-state index contributed by atoms with van der Waals surface area (Å²) < 4.78 is 11.2. The van der Waals surface area contributed by atoms with Gasteiger partial charge in [0.25, 0.3) is 0 Å². The van der Waals surface area contributed by atoms with Crippen LogP contribution in [0.5, 0.6) is 11.5 Å². The molecular formula is C21H19NO3S2. The van der Waals surface area contributed by atoms with Crippen LogP contribution in [0.3, 0.4) is 0 Å². The molecule has 0 N–H and O–H groups in total. The van der Waals surface area contributed by atoms with Gasteiger partial charge in [-0.3, -0.25) is 4.79 Å². The van der Waals surface area contributed by atoms with Gasteiger partial charge in [-0.25, -0.2) is 0 Å². The second kappa shape index (κ2) is 7.02. The van der Waals surface area contributed by atoms with Crippen molar-refractivity contribution < 1.29 is 14.3 Å². The van der Waals surface area contributed by atoms with Gasteiger partial charge in [-0.2, -0.15) is 0 Å². The zero-order chi connectivity index (χ0) is 18.2. The SMILES string of the molecule is O=C(Cc1ccc2c(c1)OCCO2)N1CCc2sccc2[C@@H]1c1cccs1. The van der Waals surface area contributed by atoms with Crippen LogP contribution in [-0.4, -0.2) is 30.6 Å². The van der Waals surface area contributed by atoms with Gasteiger partial charge in [-0.1, -0.05) is 12.1 Å². The predicted octanol–water partition coefficient (Wildman–Crippen LogP) is 4.30. The van der Waals surface area contributed by atoms with Gasteiger partial charge in [0.15, 0.2) is 11.5 Å². The first-order chi connectivity index (χ1) is 13.3. The van der Waals surface area contributed by atoms with E-state index in [9.17, 15) is 4.79 Å². The van der Waals surface area contributed by atoms with Crippen molar-refractivity contribution in [1.82, 2.24) is 4.90 Å². The van der Waals surface area contributed by atoms with Crippen molar-refractivity contribution in [1.29, 1.82) is 0 Å². The van der Waals surface area contributed by atoms with E-state index in [1.165, 1.54) is 15.3 Å². The van der Waals surface area contributed by atoms with Gasteiger partial charge < -0.3 is 14.4 Å². The van der Waals surface area contributed by atoms with Crippen molar-refractivity contribution in [2.24, 2.45) is 0 Å². The molecule has 0 aliphatic carbocycles. The molecule has 0 fully saturated rings. The molecule has 0 radical (unpaired) electrons. The highest BCUT2D eigenvalue weighted by atomic mass is 32.1. The van der Waals surface area contributed by atoms with Crippen molar-refractivity contribution in [3.05, 3.63) is 68.0 Å². The van der Waals surface area contributed by atoms with Gasteiger partial charge in [0.1, 0.15) is 13.2 Å². The van der Waals surface area contributed by atoms with E-state index in [2.05, 4.69) is 29.0 Å². The number of rotatable bonds is 3. The molecule has 0 saturated carbocycles. The molecule has 0 unspecified atom stereocenters. The number of carbonyl (C=O) groups is 1. The fourth-order valence-electron chi connectivity index (χ4n) is 3.81. The molecule has 4 nitrogen and oxygen atoms in total. The first-order valence-electron chi connectivity index (χ1n) is 9.07. The summed E-state index contributed by atoms with van der Waals surface area (Å²) in [6.45, 7) is 1.89. The van der Waals surface area contributed by atoms with Gasteiger partial charge in [-0.15, -0.1) is 22.7 Å². The summed E-state index contributed by atoms with van der Waals surface area (Å²) in [7, 11) is 0. The number of ether oxygens (including phenoxy) is 2. The third-order valence-electron chi connectivity index (χ3n) is 5.06. The van der Waals surface area contributed by atoms with Crippen molar-refractivity contribution in [3.8, 4) is 11.5 Å². The van der Waals surface area contributed by atoms with E-state index in [1.54, 1.807) is 22.7 Å². The minimum Gasteiger partial charge on any atom is -0.486 e. The Morgan fingerprint density at radius 1 is 1.07 bits per heavy atom. The lowest BCUT2D eigenvalue weighted by Crippen LogP contribution is -2.40. The third kappa shape index (κ3) is 3.13. The molecule has 2 aliphatic heterocycles. The lowest BCUT2D eigenvalue weighted by atomic mass is 9.97. The summed E-state index contributed by atoms with van der Waals surface area (Å²) in [4.78, 5) is 17.9. The van der Waals surface area contributed by atoms with E-state index in [-0.39, 0.29) is 11.9 Å². The summed E-state index contributed by atoms with van der Waals surface area (Å²) in [5.41, 5.74) is 2.24. The number of hydrogen-bond acceptors (Lipinski definition) is 5. The molecule has 6 heteroatoms. The Labute approximate surface area is 166 Å². The summed E-state index contributed by atoms with van der Waals surface area (Å²) in [6, 6.07) is 12.2. The third-order valence-corrected chi connectivity index (χ3v) is 6.98. The van der Waals surface area contributed by atoms with E-state index < -0.39 is 0 Å². The second-order valence-corrected chi connectivity index (χ2v) is 8.69. The van der Waals surface area contributed by atoms with Gasteiger partial charge in [-0.05, 0) is 52.6 Å². The molecule has 27 heavy (non-hydrogen) atoms. The molecule has 1 aromatic carbocycles. The number of amides is 1. The smallest absolute Gasteiger partial charge is 0.227 e. The summed E-state index contributed by atoms with van der Waals surface area (Å²) in [5, 5.41) is 4.22. The monoisotopic (exact) mass is 397 g/mol. The average Bonchev–Trinajstić information content (AvgIpc) is 3.38. The Balaban J connectivity index is 1.42. The maximum absolute atomic E-state index is 13.2. The van der Waals surface area contributed by atoms with Crippen LogP contribution >= 0.6 is 22.7 Å². The van der Waals surface area contributed by atoms with E-state index in [4.69, 9.17) is 9.47 Å². The molecule has 0 saturated heterocycles.